The molecule has 7 nitrogen and oxygen atoms in total. The van der Waals surface area contributed by atoms with Crippen LogP contribution in [0.4, 0.5) is 0 Å². The van der Waals surface area contributed by atoms with Crippen LogP contribution >= 0.6 is 0 Å². The molecule has 142 valence electrons. The summed E-state index contributed by atoms with van der Waals surface area (Å²) in [6.45, 7) is 10.5. The number of ether oxygens (including phenoxy) is 2. The van der Waals surface area contributed by atoms with Gasteiger partial charge >= 0.3 is 11.9 Å². The first-order chi connectivity index (χ1) is 12.3. The number of hydrogen-bond acceptors (Lipinski definition) is 7. The minimum Gasteiger partial charge on any atom is -0.461 e. The maximum atomic E-state index is 12.3. The van der Waals surface area contributed by atoms with E-state index in [4.69, 9.17) is 14.6 Å². The van der Waals surface area contributed by atoms with Gasteiger partial charge in [0.2, 0.25) is 0 Å². The van der Waals surface area contributed by atoms with Crippen molar-refractivity contribution < 1.29 is 34.4 Å². The first-order valence-electron chi connectivity index (χ1n) is 8.65. The lowest BCUT2D eigenvalue weighted by Crippen LogP contribution is -2.39. The van der Waals surface area contributed by atoms with E-state index in [0.717, 1.165) is 5.57 Å². The zero-order valence-electron chi connectivity index (χ0n) is 14.5. The van der Waals surface area contributed by atoms with Crippen LogP contribution in [0.25, 0.3) is 0 Å². The third-order valence-electron chi connectivity index (χ3n) is 5.87. The Morgan fingerprint density at radius 2 is 2.00 bits per heavy atom. The number of carbonyl (C=O) groups excluding carboxylic acids is 2. The molecule has 2 saturated carbocycles. The first kappa shape index (κ1) is 18.8. The fraction of sp³-hybridized carbons (Fsp3) is 0.579. The van der Waals surface area contributed by atoms with Crippen LogP contribution in [0.2, 0.25) is 0 Å². The third-order valence-corrected chi connectivity index (χ3v) is 5.87. The molecule has 0 spiro atoms. The van der Waals surface area contributed by atoms with Crippen LogP contribution in [0.15, 0.2) is 36.5 Å². The van der Waals surface area contributed by atoms with E-state index in [-0.39, 0.29) is 23.8 Å². The Bertz CT molecular complexity index is 667. The molecule has 7 heteroatoms. The molecule has 1 heterocycles. The van der Waals surface area contributed by atoms with Gasteiger partial charge in [-0.15, -0.1) is 0 Å². The predicted molar refractivity (Wildman–Crippen MR) is 90.6 cm³/mol. The number of aliphatic hydroxyl groups is 3. The molecule has 7 atom stereocenters. The summed E-state index contributed by atoms with van der Waals surface area (Å²) >= 11 is 0. The standard InChI is InChI=1S/C19H24O7/c1-8-4-14(25-18(23)9(2)6-20)16-12(7-21)19(24)26-17(16)15-10(3)13(22)5-11(8)15/h11-17,20-22H,1-7H2/t11-,12-,13-,14-,15-,16+,17+/m0/s1. The molecule has 26 heavy (non-hydrogen) atoms. The lowest BCUT2D eigenvalue weighted by molar-refractivity contribution is -0.149. The van der Waals surface area contributed by atoms with Crippen LogP contribution in [0.5, 0.6) is 0 Å². The summed E-state index contributed by atoms with van der Waals surface area (Å²) in [5, 5.41) is 29.0. The van der Waals surface area contributed by atoms with Crippen molar-refractivity contribution >= 4 is 11.9 Å². The fourth-order valence-corrected chi connectivity index (χ4v) is 4.50. The number of esters is 2. The normalized spacial score (nSPS) is 39.0. The van der Waals surface area contributed by atoms with Gasteiger partial charge in [-0.3, -0.25) is 4.79 Å². The quantitative estimate of drug-likeness (QED) is 0.369. The summed E-state index contributed by atoms with van der Waals surface area (Å²) in [7, 11) is 0. The molecule has 1 aliphatic heterocycles. The molecule has 2 aliphatic carbocycles. The van der Waals surface area contributed by atoms with Gasteiger partial charge in [-0.1, -0.05) is 25.3 Å². The summed E-state index contributed by atoms with van der Waals surface area (Å²) in [5.74, 6) is -3.20. The van der Waals surface area contributed by atoms with Gasteiger partial charge in [0.15, 0.2) is 0 Å². The van der Waals surface area contributed by atoms with Crippen LogP contribution < -0.4 is 0 Å². The molecule has 0 aromatic carbocycles. The topological polar surface area (TPSA) is 113 Å². The molecule has 3 aliphatic rings. The summed E-state index contributed by atoms with van der Waals surface area (Å²) in [6, 6.07) is 0. The first-order valence-corrected chi connectivity index (χ1v) is 8.65. The van der Waals surface area contributed by atoms with E-state index in [9.17, 15) is 19.8 Å². The molecular weight excluding hydrogens is 340 g/mol. The molecule has 0 aromatic rings. The van der Waals surface area contributed by atoms with Crippen molar-refractivity contribution in [1.29, 1.82) is 0 Å². The zero-order valence-corrected chi connectivity index (χ0v) is 14.5. The van der Waals surface area contributed by atoms with E-state index in [1.165, 1.54) is 0 Å². The zero-order chi connectivity index (χ0) is 19.2. The van der Waals surface area contributed by atoms with E-state index < -0.39 is 55.3 Å². The lowest BCUT2D eigenvalue weighted by atomic mass is 9.79. The summed E-state index contributed by atoms with van der Waals surface area (Å²) in [4.78, 5) is 24.4. The van der Waals surface area contributed by atoms with E-state index in [1.54, 1.807) is 0 Å². The van der Waals surface area contributed by atoms with Crippen LogP contribution in [-0.2, 0) is 19.1 Å². The molecule has 0 aromatic heterocycles. The number of carbonyl (C=O) groups is 2. The Morgan fingerprint density at radius 1 is 1.31 bits per heavy atom. The van der Waals surface area contributed by atoms with E-state index in [1.807, 2.05) is 0 Å². The molecule has 3 fully saturated rings. The van der Waals surface area contributed by atoms with Crippen LogP contribution in [-0.4, -0.2) is 58.8 Å². The smallest absolute Gasteiger partial charge is 0.336 e. The summed E-state index contributed by atoms with van der Waals surface area (Å²) in [5.41, 5.74) is 1.26. The molecule has 0 radical (unpaired) electrons. The Kier molecular flexibility index (Phi) is 5.05. The highest BCUT2D eigenvalue weighted by Crippen LogP contribution is 2.52. The number of hydrogen-bond donors (Lipinski definition) is 3. The van der Waals surface area contributed by atoms with Gasteiger partial charge in [0.25, 0.3) is 0 Å². The van der Waals surface area contributed by atoms with Crippen LogP contribution in [0.1, 0.15) is 12.8 Å². The SMILES string of the molecule is C=C(CO)C(=O)O[C@H]1CC(=C)[C@@H]2C[C@H](O)C(=C)[C@@H]2[C@H]2OC(=O)[C@@H](CO)[C@@H]21. The van der Waals surface area contributed by atoms with Gasteiger partial charge in [-0.2, -0.15) is 0 Å². The predicted octanol–water partition coefficient (Wildman–Crippen LogP) is 0.110. The Balaban J connectivity index is 1.97. The molecule has 1 saturated heterocycles. The highest BCUT2D eigenvalue weighted by atomic mass is 16.6. The lowest BCUT2D eigenvalue weighted by Gasteiger charge is -2.30. The minimum atomic E-state index is -0.836. The molecule has 0 amide bonds. The number of fused-ring (bicyclic) bond motifs is 3. The Morgan fingerprint density at radius 3 is 2.62 bits per heavy atom. The molecule has 3 rings (SSSR count). The number of rotatable bonds is 4. The van der Waals surface area contributed by atoms with Crippen molar-refractivity contribution in [2.75, 3.05) is 13.2 Å². The molecule has 3 N–H and O–H groups in total. The van der Waals surface area contributed by atoms with Gasteiger partial charge in [0.05, 0.1) is 30.8 Å². The van der Waals surface area contributed by atoms with E-state index in [0.29, 0.717) is 12.0 Å². The van der Waals surface area contributed by atoms with E-state index in [2.05, 4.69) is 19.7 Å². The third kappa shape index (κ3) is 2.90. The van der Waals surface area contributed by atoms with Gasteiger partial charge in [0, 0.05) is 18.3 Å². The molecule has 0 bridgehead atoms. The average Bonchev–Trinajstić information content (AvgIpc) is 3.06. The Labute approximate surface area is 151 Å². The van der Waals surface area contributed by atoms with Gasteiger partial charge in [-0.05, 0) is 17.9 Å². The largest absolute Gasteiger partial charge is 0.461 e. The fourth-order valence-electron chi connectivity index (χ4n) is 4.50. The second kappa shape index (κ2) is 6.98. The van der Waals surface area contributed by atoms with Crippen molar-refractivity contribution in [2.45, 2.75) is 31.2 Å². The molecule has 0 unspecified atom stereocenters. The summed E-state index contributed by atoms with van der Waals surface area (Å²) in [6.07, 6.45) is -1.41. The van der Waals surface area contributed by atoms with Gasteiger partial charge in [0.1, 0.15) is 12.2 Å². The summed E-state index contributed by atoms with van der Waals surface area (Å²) < 4.78 is 11.1. The van der Waals surface area contributed by atoms with Crippen molar-refractivity contribution in [3.05, 3.63) is 36.5 Å². The average molecular weight is 364 g/mol. The maximum absolute atomic E-state index is 12.3. The van der Waals surface area contributed by atoms with E-state index >= 15 is 0 Å². The number of aliphatic hydroxyl groups excluding tert-OH is 3. The second-order valence-corrected chi connectivity index (χ2v) is 7.29. The van der Waals surface area contributed by atoms with Crippen LogP contribution in [0, 0.1) is 23.7 Å². The second-order valence-electron chi connectivity index (χ2n) is 7.29. The van der Waals surface area contributed by atoms with Gasteiger partial charge in [-0.25, -0.2) is 4.79 Å². The highest BCUT2D eigenvalue weighted by molar-refractivity contribution is 5.88. The Hall–Kier alpha value is -1.96. The minimum absolute atomic E-state index is 0.0952. The van der Waals surface area contributed by atoms with Crippen molar-refractivity contribution in [1.82, 2.24) is 0 Å². The monoisotopic (exact) mass is 364 g/mol. The molecular formula is C19H24O7. The van der Waals surface area contributed by atoms with Crippen LogP contribution in [0.3, 0.4) is 0 Å². The van der Waals surface area contributed by atoms with Crippen molar-refractivity contribution in [3.63, 3.8) is 0 Å². The van der Waals surface area contributed by atoms with Crippen molar-refractivity contribution in [3.8, 4) is 0 Å². The maximum Gasteiger partial charge on any atom is 0.336 e. The van der Waals surface area contributed by atoms with Gasteiger partial charge < -0.3 is 24.8 Å². The highest BCUT2D eigenvalue weighted by Gasteiger charge is 2.58. The van der Waals surface area contributed by atoms with Crippen molar-refractivity contribution in [2.24, 2.45) is 23.7 Å².